The van der Waals surface area contributed by atoms with Gasteiger partial charge in [0.2, 0.25) is 5.79 Å². The van der Waals surface area contributed by atoms with Crippen molar-refractivity contribution in [2.45, 2.75) is 12.7 Å². The highest BCUT2D eigenvalue weighted by atomic mass is 16.8. The number of hydrogen-bond donors (Lipinski definition) is 0. The van der Waals surface area contributed by atoms with Crippen molar-refractivity contribution >= 4 is 6.16 Å². The Bertz CT molecular complexity index is 187. The fourth-order valence-electron chi connectivity index (χ4n) is 0.693. The van der Waals surface area contributed by atoms with E-state index in [1.165, 1.54) is 13.7 Å². The van der Waals surface area contributed by atoms with E-state index in [4.69, 9.17) is 9.47 Å². The zero-order valence-corrected chi connectivity index (χ0v) is 6.37. The molecule has 0 bridgehead atoms. The van der Waals surface area contributed by atoms with Crippen LogP contribution in [-0.4, -0.2) is 19.1 Å². The number of methoxy groups -OCH3 is 1. The maximum Gasteiger partial charge on any atom is 0.510 e. The Balaban J connectivity index is 2.47. The van der Waals surface area contributed by atoms with Crippen molar-refractivity contribution in [3.63, 3.8) is 0 Å². The number of carbonyl (C=O) groups excluding carboxylic acids is 1. The summed E-state index contributed by atoms with van der Waals surface area (Å²) < 4.78 is 14.0. The first-order valence-corrected chi connectivity index (χ1v) is 3.12. The van der Waals surface area contributed by atoms with Crippen LogP contribution in [0.25, 0.3) is 0 Å². The van der Waals surface area contributed by atoms with Gasteiger partial charge in [-0.15, -0.1) is 0 Å². The largest absolute Gasteiger partial charge is 0.510 e. The lowest BCUT2D eigenvalue weighted by Gasteiger charge is -2.20. The number of hydrogen-bond acceptors (Lipinski definition) is 4. The molecule has 0 aliphatic carbocycles. The maximum absolute atomic E-state index is 10.6. The van der Waals surface area contributed by atoms with Crippen LogP contribution < -0.4 is 0 Å². The van der Waals surface area contributed by atoms with Crippen LogP contribution in [0.4, 0.5) is 4.79 Å². The zero-order chi connectivity index (χ0) is 8.32. The highest BCUT2D eigenvalue weighted by Gasteiger charge is 2.30. The van der Waals surface area contributed by atoms with E-state index in [0.29, 0.717) is 0 Å². The Labute approximate surface area is 64.7 Å². The summed E-state index contributed by atoms with van der Waals surface area (Å²) in [5, 5.41) is 0. The van der Waals surface area contributed by atoms with E-state index in [-0.39, 0.29) is 0 Å². The molecular weight excluding hydrogens is 148 g/mol. The molecule has 0 N–H and O–H groups in total. The molecule has 0 fully saturated rings. The Morgan fingerprint density at radius 1 is 1.64 bits per heavy atom. The summed E-state index contributed by atoms with van der Waals surface area (Å²) in [5.41, 5.74) is 0. The van der Waals surface area contributed by atoms with Crippen molar-refractivity contribution in [3.8, 4) is 0 Å². The molecule has 0 saturated heterocycles. The predicted molar refractivity (Wildman–Crippen MR) is 36.4 cm³/mol. The van der Waals surface area contributed by atoms with E-state index >= 15 is 0 Å². The van der Waals surface area contributed by atoms with Gasteiger partial charge in [0.25, 0.3) is 0 Å². The monoisotopic (exact) mass is 157 g/mol. The summed E-state index contributed by atoms with van der Waals surface area (Å²) in [4.78, 5) is 10.6. The van der Waals surface area contributed by atoms with E-state index < -0.39 is 11.9 Å². The van der Waals surface area contributed by atoms with E-state index in [1.54, 1.807) is 19.1 Å². The highest BCUT2D eigenvalue weighted by molar-refractivity contribution is 5.60. The SMILES string of the molecule is COC(=O)OC1(C)C=C[CH]O1. The first-order chi connectivity index (χ1) is 5.16. The second-order valence-corrected chi connectivity index (χ2v) is 2.19. The summed E-state index contributed by atoms with van der Waals surface area (Å²) in [6.07, 6.45) is 2.51. The second kappa shape index (κ2) is 2.92. The summed E-state index contributed by atoms with van der Waals surface area (Å²) in [6, 6.07) is 0. The molecule has 0 aromatic heterocycles. The summed E-state index contributed by atoms with van der Waals surface area (Å²) in [7, 11) is 1.24. The highest BCUT2D eigenvalue weighted by Crippen LogP contribution is 2.22. The summed E-state index contributed by atoms with van der Waals surface area (Å²) >= 11 is 0. The molecule has 1 radical (unpaired) electrons. The van der Waals surface area contributed by atoms with Gasteiger partial charge < -0.3 is 14.2 Å². The molecule has 11 heavy (non-hydrogen) atoms. The Morgan fingerprint density at radius 2 is 2.36 bits per heavy atom. The third-order valence-corrected chi connectivity index (χ3v) is 1.23. The molecule has 1 rings (SSSR count). The van der Waals surface area contributed by atoms with E-state index in [2.05, 4.69) is 4.74 Å². The van der Waals surface area contributed by atoms with Crippen molar-refractivity contribution in [1.29, 1.82) is 0 Å². The van der Waals surface area contributed by atoms with E-state index in [1.807, 2.05) is 0 Å². The van der Waals surface area contributed by atoms with Crippen LogP contribution in [-0.2, 0) is 14.2 Å². The molecule has 4 heteroatoms. The molecule has 61 valence electrons. The molecule has 1 atom stereocenters. The Kier molecular flexibility index (Phi) is 2.14. The quantitative estimate of drug-likeness (QED) is 0.537. The van der Waals surface area contributed by atoms with Gasteiger partial charge in [-0.05, 0) is 6.08 Å². The van der Waals surface area contributed by atoms with Crippen LogP contribution in [0.1, 0.15) is 6.92 Å². The normalized spacial score (nSPS) is 28.5. The minimum absolute atomic E-state index is 0.757. The van der Waals surface area contributed by atoms with E-state index in [0.717, 1.165) is 0 Å². The zero-order valence-electron chi connectivity index (χ0n) is 6.37. The summed E-state index contributed by atoms with van der Waals surface area (Å²) in [5.74, 6) is -0.993. The Morgan fingerprint density at radius 3 is 2.82 bits per heavy atom. The standard InChI is InChI=1S/C7H9O4/c1-7(4-3-5-10-7)11-6(8)9-2/h3-5H,1-2H3. The molecular formula is C7H9O4. The predicted octanol–water partition coefficient (Wildman–Crippen LogP) is 1.23. The fourth-order valence-corrected chi connectivity index (χ4v) is 0.693. The third-order valence-electron chi connectivity index (χ3n) is 1.23. The topological polar surface area (TPSA) is 44.8 Å². The van der Waals surface area contributed by atoms with Gasteiger partial charge in [0.1, 0.15) is 6.61 Å². The molecule has 0 spiro atoms. The minimum atomic E-state index is -0.993. The van der Waals surface area contributed by atoms with Crippen molar-refractivity contribution in [2.75, 3.05) is 7.11 Å². The molecule has 0 aromatic carbocycles. The molecule has 0 amide bonds. The lowest BCUT2D eigenvalue weighted by molar-refractivity contribution is -0.132. The van der Waals surface area contributed by atoms with Gasteiger partial charge >= 0.3 is 6.16 Å². The average molecular weight is 157 g/mol. The van der Waals surface area contributed by atoms with Crippen molar-refractivity contribution in [1.82, 2.24) is 0 Å². The first-order valence-electron chi connectivity index (χ1n) is 3.12. The number of ether oxygens (including phenoxy) is 3. The van der Waals surface area contributed by atoms with Gasteiger partial charge in [0.05, 0.1) is 7.11 Å². The molecule has 1 aliphatic rings. The van der Waals surface area contributed by atoms with Crippen molar-refractivity contribution in [2.24, 2.45) is 0 Å². The van der Waals surface area contributed by atoms with Gasteiger partial charge in [-0.25, -0.2) is 4.79 Å². The number of carbonyl (C=O) groups is 1. The fraction of sp³-hybridized carbons (Fsp3) is 0.429. The third kappa shape index (κ3) is 1.94. The number of rotatable bonds is 1. The second-order valence-electron chi connectivity index (χ2n) is 2.19. The van der Waals surface area contributed by atoms with Gasteiger partial charge in [-0.1, -0.05) is 6.08 Å². The van der Waals surface area contributed by atoms with Gasteiger partial charge in [-0.3, -0.25) is 0 Å². The lowest BCUT2D eigenvalue weighted by Crippen LogP contribution is -2.29. The molecule has 1 heterocycles. The smallest absolute Gasteiger partial charge is 0.438 e. The van der Waals surface area contributed by atoms with Crippen molar-refractivity contribution < 1.29 is 19.0 Å². The maximum atomic E-state index is 10.6. The van der Waals surface area contributed by atoms with Crippen LogP contribution >= 0.6 is 0 Å². The van der Waals surface area contributed by atoms with Crippen LogP contribution in [0.3, 0.4) is 0 Å². The van der Waals surface area contributed by atoms with Gasteiger partial charge in [-0.2, -0.15) is 0 Å². The Hall–Kier alpha value is -1.03. The van der Waals surface area contributed by atoms with Crippen LogP contribution in [0, 0.1) is 6.61 Å². The molecule has 4 nitrogen and oxygen atoms in total. The summed E-state index contributed by atoms with van der Waals surface area (Å²) in [6.45, 7) is 3.06. The van der Waals surface area contributed by atoms with E-state index in [9.17, 15) is 4.79 Å². The first kappa shape index (κ1) is 8.07. The molecule has 0 aromatic rings. The lowest BCUT2D eigenvalue weighted by atomic mass is 10.3. The van der Waals surface area contributed by atoms with Crippen LogP contribution in [0.15, 0.2) is 12.2 Å². The van der Waals surface area contributed by atoms with Gasteiger partial charge in [0.15, 0.2) is 0 Å². The van der Waals surface area contributed by atoms with Crippen LogP contribution in [0.2, 0.25) is 0 Å². The minimum Gasteiger partial charge on any atom is -0.438 e. The average Bonchev–Trinajstić information content (AvgIpc) is 2.36. The van der Waals surface area contributed by atoms with Crippen molar-refractivity contribution in [3.05, 3.63) is 18.8 Å². The molecule has 1 unspecified atom stereocenters. The van der Waals surface area contributed by atoms with Crippen LogP contribution in [0.5, 0.6) is 0 Å². The van der Waals surface area contributed by atoms with Gasteiger partial charge in [0, 0.05) is 6.92 Å². The molecule has 1 aliphatic heterocycles. The molecule has 0 saturated carbocycles.